The molecule has 2 heterocycles. The Morgan fingerprint density at radius 2 is 1.90 bits per heavy atom. The van der Waals surface area contributed by atoms with E-state index < -0.39 is 50.5 Å². The highest BCUT2D eigenvalue weighted by molar-refractivity contribution is 7.92. The molecule has 0 radical (unpaired) electrons. The van der Waals surface area contributed by atoms with Gasteiger partial charge in [-0.15, -0.1) is 11.3 Å². The molecule has 14 heteroatoms. The minimum Gasteiger partial charge on any atom is -0.497 e. The number of sulfonamides is 1. The summed E-state index contributed by atoms with van der Waals surface area (Å²) in [5.74, 6) is -0.591. The second kappa shape index (κ2) is 12.4. The van der Waals surface area contributed by atoms with Crippen LogP contribution < -0.4 is 13.9 Å². The first-order valence-corrected chi connectivity index (χ1v) is 15.5. The number of likely N-dealkylation sites (N-methyl/N-ethyl adjacent to an activating group) is 1. The van der Waals surface area contributed by atoms with E-state index in [2.05, 4.69) is 4.98 Å². The number of aromatic nitrogens is 1. The van der Waals surface area contributed by atoms with Gasteiger partial charge in [0.1, 0.15) is 22.1 Å². The van der Waals surface area contributed by atoms with E-state index in [1.807, 2.05) is 0 Å². The van der Waals surface area contributed by atoms with Crippen LogP contribution in [0.2, 0.25) is 0 Å². The van der Waals surface area contributed by atoms with Crippen LogP contribution in [-0.2, 0) is 21.3 Å². The maximum atomic E-state index is 15.7. The van der Waals surface area contributed by atoms with Gasteiger partial charge in [-0.25, -0.2) is 35.7 Å². The van der Waals surface area contributed by atoms with E-state index in [0.717, 1.165) is 21.7 Å². The van der Waals surface area contributed by atoms with Gasteiger partial charge in [0.2, 0.25) is 0 Å². The average Bonchev–Trinajstić information content (AvgIpc) is 3.63. The number of amides is 1. The molecule has 0 aliphatic carbocycles. The molecular formula is C28H33F3N4O5S2. The lowest BCUT2D eigenvalue weighted by molar-refractivity contribution is 0.0292. The molecule has 1 atom stereocenters. The van der Waals surface area contributed by atoms with Crippen molar-refractivity contribution in [3.05, 3.63) is 64.2 Å². The van der Waals surface area contributed by atoms with Crippen LogP contribution in [0, 0.1) is 5.82 Å². The molecule has 1 aromatic heterocycles. The molecule has 1 saturated heterocycles. The molecule has 1 aliphatic heterocycles. The number of hydrogen-bond acceptors (Lipinski definition) is 8. The average molecular weight is 627 g/mol. The monoisotopic (exact) mass is 626 g/mol. The molecule has 0 unspecified atom stereocenters. The van der Waals surface area contributed by atoms with Gasteiger partial charge >= 0.3 is 6.09 Å². The molecule has 9 nitrogen and oxygen atoms in total. The number of alkyl halides is 2. The normalized spacial score (nSPS) is 15.6. The van der Waals surface area contributed by atoms with Crippen molar-refractivity contribution in [2.45, 2.75) is 56.7 Å². The van der Waals surface area contributed by atoms with Crippen LogP contribution in [0.3, 0.4) is 0 Å². The number of carbonyl (C=O) groups is 1. The zero-order valence-electron chi connectivity index (χ0n) is 23.9. The van der Waals surface area contributed by atoms with Gasteiger partial charge in [-0.3, -0.25) is 0 Å². The zero-order chi connectivity index (χ0) is 30.8. The number of hydrogen-bond donors (Lipinski definition) is 0. The molecule has 0 spiro atoms. The van der Waals surface area contributed by atoms with E-state index in [-0.39, 0.29) is 24.6 Å². The number of anilines is 2. The third-order valence-corrected chi connectivity index (χ3v) is 9.13. The SMILES string of the molecule is COc1ccc(CN(c2cscn2)S(=O)(=O)c2cc(C(F)F)c(N(C)[C@H]3CCN(C(=O)OC(C)(C)C)C3)cc2F)cc1. The van der Waals surface area contributed by atoms with Crippen molar-refractivity contribution >= 4 is 39.0 Å². The van der Waals surface area contributed by atoms with Gasteiger partial charge < -0.3 is 19.3 Å². The first kappa shape index (κ1) is 31.4. The van der Waals surface area contributed by atoms with Crippen molar-refractivity contribution in [1.29, 1.82) is 0 Å². The van der Waals surface area contributed by atoms with Crippen LogP contribution in [0.5, 0.6) is 5.75 Å². The van der Waals surface area contributed by atoms with Crippen molar-refractivity contribution in [1.82, 2.24) is 9.88 Å². The van der Waals surface area contributed by atoms with E-state index in [1.165, 1.54) is 34.8 Å². The second-order valence-electron chi connectivity index (χ2n) is 10.8. The Morgan fingerprint density at radius 3 is 2.48 bits per heavy atom. The Balaban J connectivity index is 1.66. The zero-order valence-corrected chi connectivity index (χ0v) is 25.5. The van der Waals surface area contributed by atoms with Crippen molar-refractivity contribution in [2.75, 3.05) is 36.5 Å². The Morgan fingerprint density at radius 1 is 1.21 bits per heavy atom. The first-order chi connectivity index (χ1) is 19.7. The smallest absolute Gasteiger partial charge is 0.410 e. The van der Waals surface area contributed by atoms with Gasteiger partial charge in [-0.1, -0.05) is 12.1 Å². The maximum absolute atomic E-state index is 15.7. The predicted molar refractivity (Wildman–Crippen MR) is 154 cm³/mol. The van der Waals surface area contributed by atoms with Gasteiger partial charge in [0.15, 0.2) is 5.82 Å². The number of rotatable bonds is 9. The van der Waals surface area contributed by atoms with Gasteiger partial charge in [0.05, 0.1) is 19.2 Å². The van der Waals surface area contributed by atoms with Gasteiger partial charge in [-0.2, -0.15) is 0 Å². The molecule has 228 valence electrons. The van der Waals surface area contributed by atoms with E-state index >= 15 is 4.39 Å². The molecule has 2 aromatic carbocycles. The summed E-state index contributed by atoms with van der Waals surface area (Å²) in [6.07, 6.45) is -3.20. The fourth-order valence-corrected chi connectivity index (χ4v) is 6.71. The van der Waals surface area contributed by atoms with Crippen molar-refractivity contribution in [3.63, 3.8) is 0 Å². The fraction of sp³-hybridized carbons (Fsp3) is 0.429. The van der Waals surface area contributed by atoms with Crippen LogP contribution in [0.15, 0.2) is 52.2 Å². The molecule has 1 amide bonds. The summed E-state index contributed by atoms with van der Waals surface area (Å²) in [6.45, 7) is 5.51. The third kappa shape index (κ3) is 6.92. The molecule has 3 aromatic rings. The van der Waals surface area contributed by atoms with E-state index in [0.29, 0.717) is 30.3 Å². The Labute approximate surface area is 247 Å². The molecule has 1 aliphatic rings. The summed E-state index contributed by atoms with van der Waals surface area (Å²) in [7, 11) is -1.66. The summed E-state index contributed by atoms with van der Waals surface area (Å²) < 4.78 is 83.6. The molecule has 0 N–H and O–H groups in total. The fourth-order valence-electron chi connectivity index (χ4n) is 4.62. The van der Waals surface area contributed by atoms with Crippen LogP contribution >= 0.6 is 11.3 Å². The van der Waals surface area contributed by atoms with E-state index in [1.54, 1.807) is 45.0 Å². The lowest BCUT2D eigenvalue weighted by Gasteiger charge is -2.30. The summed E-state index contributed by atoms with van der Waals surface area (Å²) in [4.78, 5) is 18.6. The van der Waals surface area contributed by atoms with Crippen LogP contribution in [0.4, 0.5) is 29.5 Å². The topological polar surface area (TPSA) is 92.3 Å². The summed E-state index contributed by atoms with van der Waals surface area (Å²) in [6, 6.07) is 7.68. The molecule has 4 rings (SSSR count). The molecule has 1 fully saturated rings. The molecular weight excluding hydrogens is 593 g/mol. The van der Waals surface area contributed by atoms with Crippen LogP contribution in [0.1, 0.15) is 44.7 Å². The summed E-state index contributed by atoms with van der Waals surface area (Å²) in [5.41, 5.74) is 0.471. The minimum atomic E-state index is -4.67. The third-order valence-electron chi connectivity index (χ3n) is 6.79. The molecule has 0 bridgehead atoms. The highest BCUT2D eigenvalue weighted by Crippen LogP contribution is 2.37. The Kier molecular flexibility index (Phi) is 9.26. The summed E-state index contributed by atoms with van der Waals surface area (Å²) >= 11 is 1.14. The standard InChI is InChI=1S/C28H33F3N4O5S2/c1-28(2,3)40-27(36)34-11-10-19(15-34)33(4)23-13-22(29)24(12-21(23)26(30)31)42(37,38)35(25-16-41-17-32-25)14-18-6-8-20(39-5)9-7-18/h6-9,12-13,16-17,19,26H,10-11,14-15H2,1-5H3/t19-/m0/s1. The largest absolute Gasteiger partial charge is 0.497 e. The van der Waals surface area contributed by atoms with Crippen LogP contribution in [-0.4, -0.2) is 63.3 Å². The maximum Gasteiger partial charge on any atom is 0.410 e. The number of likely N-dealkylation sites (tertiary alicyclic amines) is 1. The highest BCUT2D eigenvalue weighted by Gasteiger charge is 2.36. The number of halogens is 3. The van der Waals surface area contributed by atoms with E-state index in [9.17, 15) is 22.0 Å². The van der Waals surface area contributed by atoms with Crippen molar-refractivity contribution in [3.8, 4) is 5.75 Å². The molecule has 42 heavy (non-hydrogen) atoms. The lowest BCUT2D eigenvalue weighted by atomic mass is 10.1. The Bertz CT molecular complexity index is 1500. The van der Waals surface area contributed by atoms with Gasteiger partial charge in [-0.05, 0) is 57.0 Å². The number of nitrogens with zero attached hydrogens (tertiary/aromatic N) is 4. The van der Waals surface area contributed by atoms with Crippen molar-refractivity contribution in [2.24, 2.45) is 0 Å². The second-order valence-corrected chi connectivity index (χ2v) is 13.4. The van der Waals surface area contributed by atoms with Gasteiger partial charge in [0, 0.05) is 42.8 Å². The number of benzene rings is 2. The quantitative estimate of drug-likeness (QED) is 0.285. The molecule has 0 saturated carbocycles. The van der Waals surface area contributed by atoms with E-state index in [4.69, 9.17) is 9.47 Å². The lowest BCUT2D eigenvalue weighted by Crippen LogP contribution is -2.39. The minimum absolute atomic E-state index is 0.0307. The first-order valence-electron chi connectivity index (χ1n) is 13.1. The number of carbonyl (C=O) groups excluding carboxylic acids is 1. The predicted octanol–water partition coefficient (Wildman–Crippen LogP) is 6.07. The summed E-state index contributed by atoms with van der Waals surface area (Å²) in [5, 5.41) is 1.48. The van der Waals surface area contributed by atoms with Crippen molar-refractivity contribution < 1.29 is 35.9 Å². The Hall–Kier alpha value is -3.52. The number of ether oxygens (including phenoxy) is 2. The number of thiazole rings is 1. The number of methoxy groups -OCH3 is 1. The highest BCUT2D eigenvalue weighted by atomic mass is 32.2. The van der Waals surface area contributed by atoms with Gasteiger partial charge in [0.25, 0.3) is 16.4 Å². The van der Waals surface area contributed by atoms with Crippen LogP contribution in [0.25, 0.3) is 0 Å².